The predicted molar refractivity (Wildman–Crippen MR) is 110 cm³/mol. The summed E-state index contributed by atoms with van der Waals surface area (Å²) in [5, 5.41) is 11.6. The summed E-state index contributed by atoms with van der Waals surface area (Å²) in [5.41, 5.74) is -0.344. The summed E-state index contributed by atoms with van der Waals surface area (Å²) in [6.45, 7) is 5.31. The van der Waals surface area contributed by atoms with Crippen LogP contribution < -0.4 is 10.0 Å². The van der Waals surface area contributed by atoms with Crippen LogP contribution in [-0.4, -0.2) is 25.4 Å². The fraction of sp³-hybridized carbons (Fsp3) is 0.238. The third-order valence-corrected chi connectivity index (χ3v) is 6.03. The fourth-order valence-electron chi connectivity index (χ4n) is 2.91. The Bertz CT molecular complexity index is 1230. The number of rotatable bonds is 5. The number of nitrogens with one attached hydrogen (secondary N) is 2. The second-order valence-electron chi connectivity index (χ2n) is 8.07. The SMILES string of the molecule is CC(C)(C)C(=O)NC1=CCc2cc(S(=O)(=O)Nc3cc(F)c(C(=O)O)cc3F)ccc21. The standard InChI is InChI=1S/C21H20F2N2O5S/c1-21(2,3)20(28)24-17-7-4-11-8-12(5-6-13(11)17)31(29,30)25-18-10-15(22)14(19(26)27)9-16(18)23/h5-10,25H,4H2,1-3H3,(H,24,28)(H,26,27). The van der Waals surface area contributed by atoms with Gasteiger partial charge in [0.05, 0.1) is 16.1 Å². The van der Waals surface area contributed by atoms with Gasteiger partial charge in [0.1, 0.15) is 11.6 Å². The lowest BCUT2D eigenvalue weighted by atomic mass is 9.95. The van der Waals surface area contributed by atoms with Crippen LogP contribution in [0.25, 0.3) is 5.70 Å². The monoisotopic (exact) mass is 450 g/mol. The zero-order chi connectivity index (χ0) is 23.1. The number of hydrogen-bond donors (Lipinski definition) is 3. The van der Waals surface area contributed by atoms with Gasteiger partial charge in [0.15, 0.2) is 0 Å². The molecule has 0 spiro atoms. The van der Waals surface area contributed by atoms with Crippen molar-refractivity contribution in [3.8, 4) is 0 Å². The third kappa shape index (κ3) is 4.58. The van der Waals surface area contributed by atoms with Crippen LogP contribution in [0.3, 0.4) is 0 Å². The van der Waals surface area contributed by atoms with Crippen molar-refractivity contribution < 1.29 is 31.9 Å². The Hall–Kier alpha value is -3.27. The Kier molecular flexibility index (Phi) is 5.62. The van der Waals surface area contributed by atoms with Gasteiger partial charge in [-0.25, -0.2) is 22.0 Å². The number of anilines is 1. The predicted octanol–water partition coefficient (Wildman–Crippen LogP) is 3.52. The first-order valence-electron chi connectivity index (χ1n) is 9.19. The number of halogens is 2. The average molecular weight is 450 g/mol. The van der Waals surface area contributed by atoms with Crippen LogP contribution in [-0.2, 0) is 21.2 Å². The topological polar surface area (TPSA) is 113 Å². The molecule has 31 heavy (non-hydrogen) atoms. The number of sulfonamides is 1. The zero-order valence-corrected chi connectivity index (χ0v) is 17.7. The quantitative estimate of drug-likeness (QED) is 0.645. The number of allylic oxidation sites excluding steroid dienone is 1. The summed E-state index contributed by atoms with van der Waals surface area (Å²) in [7, 11) is -4.29. The highest BCUT2D eigenvalue weighted by Gasteiger charge is 2.26. The number of amides is 1. The molecule has 0 atom stereocenters. The number of benzene rings is 2. The van der Waals surface area contributed by atoms with Crippen LogP contribution in [0.5, 0.6) is 0 Å². The van der Waals surface area contributed by atoms with Crippen molar-refractivity contribution in [2.75, 3.05) is 4.72 Å². The number of carboxylic acids is 1. The molecule has 3 rings (SSSR count). The Morgan fingerprint density at radius 2 is 1.74 bits per heavy atom. The van der Waals surface area contributed by atoms with Gasteiger partial charge in [-0.15, -0.1) is 0 Å². The van der Waals surface area contributed by atoms with Gasteiger partial charge in [-0.3, -0.25) is 9.52 Å². The minimum Gasteiger partial charge on any atom is -0.478 e. The molecule has 0 bridgehead atoms. The van der Waals surface area contributed by atoms with E-state index in [1.54, 1.807) is 26.8 Å². The Morgan fingerprint density at radius 3 is 2.35 bits per heavy atom. The zero-order valence-electron chi connectivity index (χ0n) is 16.9. The van der Waals surface area contributed by atoms with Crippen molar-refractivity contribution in [2.45, 2.75) is 32.1 Å². The van der Waals surface area contributed by atoms with Crippen molar-refractivity contribution in [3.63, 3.8) is 0 Å². The van der Waals surface area contributed by atoms with E-state index in [2.05, 4.69) is 5.32 Å². The van der Waals surface area contributed by atoms with Gasteiger partial charge in [-0.2, -0.15) is 0 Å². The van der Waals surface area contributed by atoms with Crippen LogP contribution in [0.2, 0.25) is 0 Å². The van der Waals surface area contributed by atoms with E-state index in [9.17, 15) is 26.8 Å². The van der Waals surface area contributed by atoms with E-state index in [-0.39, 0.29) is 10.8 Å². The van der Waals surface area contributed by atoms with Crippen molar-refractivity contribution in [1.82, 2.24) is 5.32 Å². The molecule has 0 saturated heterocycles. The molecule has 7 nitrogen and oxygen atoms in total. The molecule has 0 unspecified atom stereocenters. The highest BCUT2D eigenvalue weighted by molar-refractivity contribution is 7.92. The number of aromatic carboxylic acids is 1. The van der Waals surface area contributed by atoms with E-state index in [1.165, 1.54) is 18.2 Å². The molecule has 164 valence electrons. The molecule has 2 aromatic carbocycles. The average Bonchev–Trinajstić information content (AvgIpc) is 3.05. The van der Waals surface area contributed by atoms with Crippen molar-refractivity contribution in [1.29, 1.82) is 0 Å². The molecule has 3 N–H and O–H groups in total. The minimum absolute atomic E-state index is 0.188. The second kappa shape index (κ2) is 7.77. The molecule has 0 saturated carbocycles. The van der Waals surface area contributed by atoms with Crippen LogP contribution in [0.1, 0.15) is 42.3 Å². The van der Waals surface area contributed by atoms with E-state index in [1.807, 2.05) is 4.72 Å². The maximum absolute atomic E-state index is 14.1. The highest BCUT2D eigenvalue weighted by atomic mass is 32.2. The number of hydrogen-bond acceptors (Lipinski definition) is 4. The van der Waals surface area contributed by atoms with Gasteiger partial charge in [0, 0.05) is 22.7 Å². The maximum Gasteiger partial charge on any atom is 0.338 e. The maximum atomic E-state index is 14.1. The number of fused-ring (bicyclic) bond motifs is 1. The molecule has 0 radical (unpaired) electrons. The Balaban J connectivity index is 1.86. The van der Waals surface area contributed by atoms with Gasteiger partial charge in [-0.05, 0) is 30.2 Å². The van der Waals surface area contributed by atoms with Gasteiger partial charge in [-0.1, -0.05) is 32.9 Å². The summed E-state index contributed by atoms with van der Waals surface area (Å²) in [5.74, 6) is -4.36. The Labute approximate surface area is 177 Å². The van der Waals surface area contributed by atoms with E-state index in [0.717, 1.165) is 0 Å². The van der Waals surface area contributed by atoms with Crippen molar-refractivity contribution in [3.05, 3.63) is 64.7 Å². The first-order chi connectivity index (χ1) is 14.3. The van der Waals surface area contributed by atoms with Crippen molar-refractivity contribution >= 4 is 33.3 Å². The van der Waals surface area contributed by atoms with E-state index < -0.39 is 44.3 Å². The van der Waals surface area contributed by atoms with Crippen LogP contribution in [0, 0.1) is 17.0 Å². The van der Waals surface area contributed by atoms with E-state index >= 15 is 0 Å². The Morgan fingerprint density at radius 1 is 1.06 bits per heavy atom. The largest absolute Gasteiger partial charge is 0.478 e. The van der Waals surface area contributed by atoms with Gasteiger partial charge >= 0.3 is 5.97 Å². The first-order valence-corrected chi connectivity index (χ1v) is 10.7. The summed E-state index contributed by atoms with van der Waals surface area (Å²) >= 11 is 0. The molecule has 0 heterocycles. The van der Waals surface area contributed by atoms with Crippen LogP contribution >= 0.6 is 0 Å². The molecule has 1 amide bonds. The summed E-state index contributed by atoms with van der Waals surface area (Å²) in [6, 6.07) is 5.07. The molecule has 1 aliphatic rings. The lowest BCUT2D eigenvalue weighted by Gasteiger charge is -2.19. The summed E-state index contributed by atoms with van der Waals surface area (Å²) in [4.78, 5) is 22.9. The third-order valence-electron chi connectivity index (χ3n) is 4.66. The smallest absolute Gasteiger partial charge is 0.338 e. The molecule has 0 fully saturated rings. The molecule has 2 aromatic rings. The van der Waals surface area contributed by atoms with Crippen LogP contribution in [0.15, 0.2) is 41.3 Å². The van der Waals surface area contributed by atoms with E-state index in [0.29, 0.717) is 35.4 Å². The molecule has 1 aliphatic carbocycles. The molecular weight excluding hydrogens is 430 g/mol. The first kappa shape index (κ1) is 22.4. The molecule has 0 aliphatic heterocycles. The molecular formula is C21H20F2N2O5S. The highest BCUT2D eigenvalue weighted by Crippen LogP contribution is 2.30. The normalized spacial score (nSPS) is 13.4. The van der Waals surface area contributed by atoms with Gasteiger partial charge in [0.2, 0.25) is 5.91 Å². The van der Waals surface area contributed by atoms with Crippen molar-refractivity contribution in [2.24, 2.45) is 5.41 Å². The lowest BCUT2D eigenvalue weighted by Crippen LogP contribution is -2.33. The van der Waals surface area contributed by atoms with E-state index in [4.69, 9.17) is 5.11 Å². The van der Waals surface area contributed by atoms with Gasteiger partial charge < -0.3 is 10.4 Å². The fourth-order valence-corrected chi connectivity index (χ4v) is 4.02. The lowest BCUT2D eigenvalue weighted by molar-refractivity contribution is -0.127. The number of carboxylic acid groups (broad SMARTS) is 1. The summed E-state index contributed by atoms with van der Waals surface area (Å²) in [6.07, 6.45) is 2.15. The summed E-state index contributed by atoms with van der Waals surface area (Å²) < 4.78 is 55.2. The second-order valence-corrected chi connectivity index (χ2v) is 9.75. The molecule has 0 aromatic heterocycles. The molecule has 10 heteroatoms. The minimum atomic E-state index is -4.29. The van der Waals surface area contributed by atoms with Gasteiger partial charge in [0.25, 0.3) is 10.0 Å². The number of carbonyl (C=O) groups excluding carboxylic acids is 1. The number of carbonyl (C=O) groups is 2. The van der Waals surface area contributed by atoms with Crippen LogP contribution in [0.4, 0.5) is 14.5 Å².